The Hall–Kier alpha value is -1.04. The predicted molar refractivity (Wildman–Crippen MR) is 70.0 cm³/mol. The van der Waals surface area contributed by atoms with Gasteiger partial charge in [0.1, 0.15) is 0 Å². The van der Waals surface area contributed by atoms with Crippen molar-refractivity contribution in [1.29, 1.82) is 0 Å². The van der Waals surface area contributed by atoms with Gasteiger partial charge in [0.15, 0.2) is 0 Å². The largest absolute Gasteiger partial charge is 0.313 e. The van der Waals surface area contributed by atoms with E-state index >= 15 is 0 Å². The molecule has 1 aliphatic heterocycles. The third-order valence-corrected chi connectivity index (χ3v) is 2.96. The summed E-state index contributed by atoms with van der Waals surface area (Å²) in [5.74, 6) is 0.368. The first-order valence-corrected chi connectivity index (χ1v) is 7.06. The maximum atomic E-state index is 11.5. The smallest absolute Gasteiger partial charge is 0.258 e. The van der Waals surface area contributed by atoms with Gasteiger partial charge in [0.2, 0.25) is 5.96 Å². The molecule has 0 atom stereocenters. The zero-order valence-electron chi connectivity index (χ0n) is 11.3. The zero-order chi connectivity index (χ0) is 13.5. The molecule has 0 saturated carbocycles. The summed E-state index contributed by atoms with van der Waals surface area (Å²) in [6, 6.07) is 0. The first kappa shape index (κ1) is 14.0. The molecule has 0 aromatic carbocycles. The molecule has 0 aliphatic carbocycles. The van der Waals surface area contributed by atoms with Crippen LogP contribution in [0.3, 0.4) is 0 Å². The van der Waals surface area contributed by atoms with Gasteiger partial charge < -0.3 is 4.90 Å². The van der Waals surface area contributed by atoms with E-state index in [0.29, 0.717) is 5.96 Å². The molecule has 0 radical (unpaired) electrons. The van der Waals surface area contributed by atoms with Crippen LogP contribution in [0.5, 0.6) is 0 Å². The fraction of sp³-hybridized carbons (Fsp3) is 0.727. The van der Waals surface area contributed by atoms with Crippen LogP contribution in [0.15, 0.2) is 16.6 Å². The summed E-state index contributed by atoms with van der Waals surface area (Å²) in [4.78, 5) is 6.23. The number of nitrogens with zero attached hydrogens (tertiary/aromatic N) is 2. The van der Waals surface area contributed by atoms with Gasteiger partial charge in [-0.2, -0.15) is 0 Å². The van der Waals surface area contributed by atoms with E-state index in [1.165, 1.54) is 0 Å². The topological polar surface area (TPSA) is 61.8 Å². The van der Waals surface area contributed by atoms with Crippen molar-refractivity contribution in [2.45, 2.75) is 52.6 Å². The first-order valence-electron chi connectivity index (χ1n) is 5.51. The summed E-state index contributed by atoms with van der Waals surface area (Å²) in [5.41, 5.74) is -0.573. The highest BCUT2D eigenvalue weighted by molar-refractivity contribution is 7.93. The van der Waals surface area contributed by atoms with Gasteiger partial charge in [0.25, 0.3) is 10.0 Å². The lowest BCUT2D eigenvalue weighted by atomic mass is 10.1. The van der Waals surface area contributed by atoms with Gasteiger partial charge >= 0.3 is 0 Å². The molecule has 0 bridgehead atoms. The van der Waals surface area contributed by atoms with Gasteiger partial charge in [-0.25, -0.2) is 18.1 Å². The molecule has 0 unspecified atom stereocenters. The summed E-state index contributed by atoms with van der Waals surface area (Å²) in [6.07, 6.45) is 1.55. The molecular formula is C11H21N3O2S. The zero-order valence-corrected chi connectivity index (χ0v) is 12.1. The van der Waals surface area contributed by atoms with Crippen molar-refractivity contribution < 1.29 is 8.42 Å². The molecule has 1 heterocycles. The van der Waals surface area contributed by atoms with Gasteiger partial charge in [0.05, 0.1) is 10.9 Å². The third-order valence-electron chi connectivity index (χ3n) is 2.01. The molecule has 0 saturated heterocycles. The highest BCUT2D eigenvalue weighted by Crippen LogP contribution is 2.19. The van der Waals surface area contributed by atoms with Crippen LogP contribution < -0.4 is 4.72 Å². The molecule has 0 aromatic heterocycles. The lowest BCUT2D eigenvalue weighted by Crippen LogP contribution is -2.52. The van der Waals surface area contributed by atoms with Crippen LogP contribution >= 0.6 is 0 Å². The standard InChI is InChI=1S/C11H21N3O2S/c1-10(2,3)12-9-13-17(15,16)8-7-14(9)11(4,5)6/h7-8H,1-6H3,(H,12,13). The minimum absolute atomic E-state index is 0.233. The van der Waals surface area contributed by atoms with E-state index in [2.05, 4.69) is 9.71 Å². The van der Waals surface area contributed by atoms with E-state index in [9.17, 15) is 8.42 Å². The average molecular weight is 259 g/mol. The van der Waals surface area contributed by atoms with Crippen molar-refractivity contribution in [3.8, 4) is 0 Å². The van der Waals surface area contributed by atoms with E-state index in [1.54, 1.807) is 6.20 Å². The Labute approximate surface area is 104 Å². The van der Waals surface area contributed by atoms with E-state index < -0.39 is 10.0 Å². The van der Waals surface area contributed by atoms with Crippen molar-refractivity contribution in [3.63, 3.8) is 0 Å². The second-order valence-corrected chi connectivity index (χ2v) is 7.65. The lowest BCUT2D eigenvalue weighted by molar-refractivity contribution is 0.301. The van der Waals surface area contributed by atoms with Gasteiger partial charge in [-0.3, -0.25) is 0 Å². The van der Waals surface area contributed by atoms with Crippen LogP contribution in [0.25, 0.3) is 0 Å². The third kappa shape index (κ3) is 4.03. The normalized spacial score (nSPS) is 22.7. The van der Waals surface area contributed by atoms with Gasteiger partial charge in [-0.05, 0) is 41.5 Å². The first-order chi connectivity index (χ1) is 7.41. The van der Waals surface area contributed by atoms with Crippen molar-refractivity contribution in [2.24, 2.45) is 4.99 Å². The Morgan fingerprint density at radius 2 is 1.71 bits per heavy atom. The molecule has 0 amide bonds. The Bertz CT molecular complexity index is 450. The van der Waals surface area contributed by atoms with Crippen LogP contribution in [0.2, 0.25) is 0 Å². The molecule has 98 valence electrons. The summed E-state index contributed by atoms with van der Waals surface area (Å²) in [6.45, 7) is 11.8. The van der Waals surface area contributed by atoms with Crippen LogP contribution in [0.4, 0.5) is 0 Å². The average Bonchev–Trinajstić information content (AvgIpc) is 1.94. The van der Waals surface area contributed by atoms with Gasteiger partial charge in [-0.1, -0.05) is 0 Å². The highest BCUT2D eigenvalue weighted by atomic mass is 32.2. The van der Waals surface area contributed by atoms with Crippen LogP contribution in [-0.2, 0) is 10.0 Å². The van der Waals surface area contributed by atoms with Gasteiger partial charge in [-0.15, -0.1) is 0 Å². The van der Waals surface area contributed by atoms with E-state index in [4.69, 9.17) is 0 Å². The van der Waals surface area contributed by atoms with E-state index in [0.717, 1.165) is 5.41 Å². The molecule has 0 fully saturated rings. The summed E-state index contributed by atoms with van der Waals surface area (Å²) < 4.78 is 25.5. The van der Waals surface area contributed by atoms with E-state index in [-0.39, 0.29) is 11.1 Å². The number of guanidine groups is 1. The second-order valence-electron chi connectivity index (χ2n) is 6.08. The fourth-order valence-electron chi connectivity index (χ4n) is 1.36. The maximum Gasteiger partial charge on any atom is 0.258 e. The molecule has 5 nitrogen and oxygen atoms in total. The fourth-order valence-corrected chi connectivity index (χ4v) is 2.11. The molecule has 0 aromatic rings. The molecule has 1 rings (SSSR count). The summed E-state index contributed by atoms with van der Waals surface area (Å²) >= 11 is 0. The molecule has 0 spiro atoms. The summed E-state index contributed by atoms with van der Waals surface area (Å²) in [5, 5.41) is 1.15. The monoisotopic (exact) mass is 259 g/mol. The van der Waals surface area contributed by atoms with Crippen LogP contribution in [0, 0.1) is 0 Å². The minimum Gasteiger partial charge on any atom is -0.313 e. The number of hydrogen-bond donors (Lipinski definition) is 1. The van der Waals surface area contributed by atoms with Crippen molar-refractivity contribution >= 4 is 16.0 Å². The number of sulfonamides is 1. The van der Waals surface area contributed by atoms with Crippen molar-refractivity contribution in [2.75, 3.05) is 0 Å². The maximum absolute atomic E-state index is 11.5. The Balaban J connectivity index is 3.24. The Morgan fingerprint density at radius 1 is 1.18 bits per heavy atom. The molecule has 6 heteroatoms. The number of aliphatic imine (C=N–C) groups is 1. The Kier molecular flexibility index (Phi) is 3.31. The lowest BCUT2D eigenvalue weighted by Gasteiger charge is -2.38. The molecule has 1 N–H and O–H groups in total. The van der Waals surface area contributed by atoms with Gasteiger partial charge in [0, 0.05) is 11.7 Å². The van der Waals surface area contributed by atoms with Crippen LogP contribution in [0.1, 0.15) is 41.5 Å². The SMILES string of the molecule is CC(C)(C)N=C1NS(=O)(=O)C=CN1C(C)(C)C. The van der Waals surface area contributed by atoms with Crippen LogP contribution in [-0.4, -0.2) is 30.4 Å². The summed E-state index contributed by atoms with van der Waals surface area (Å²) in [7, 11) is -3.40. The van der Waals surface area contributed by atoms with E-state index in [1.807, 2.05) is 46.4 Å². The number of rotatable bonds is 0. The highest BCUT2D eigenvalue weighted by Gasteiger charge is 2.30. The Morgan fingerprint density at radius 3 is 2.12 bits per heavy atom. The minimum atomic E-state index is -3.40. The van der Waals surface area contributed by atoms with Crippen molar-refractivity contribution in [1.82, 2.24) is 9.62 Å². The molecule has 1 aliphatic rings. The quantitative estimate of drug-likeness (QED) is 0.719. The number of hydrogen-bond acceptors (Lipinski definition) is 3. The molecular weight excluding hydrogens is 238 g/mol. The second kappa shape index (κ2) is 4.01. The molecule has 17 heavy (non-hydrogen) atoms. The van der Waals surface area contributed by atoms with Crippen molar-refractivity contribution in [3.05, 3.63) is 11.6 Å². The number of nitrogens with one attached hydrogen (secondary N) is 1. The predicted octanol–water partition coefficient (Wildman–Crippen LogP) is 1.65.